The van der Waals surface area contributed by atoms with E-state index in [2.05, 4.69) is 10.3 Å². The molecule has 1 heterocycles. The topological polar surface area (TPSA) is 71.0 Å². The molecule has 0 bridgehead atoms. The van der Waals surface area contributed by atoms with Crippen molar-refractivity contribution in [1.29, 1.82) is 0 Å². The molecule has 1 fully saturated rings. The van der Waals surface area contributed by atoms with E-state index >= 15 is 0 Å². The predicted molar refractivity (Wildman–Crippen MR) is 118 cm³/mol. The number of aliphatic imine (C=N–C) groups is 1. The van der Waals surface area contributed by atoms with Crippen LogP contribution in [0, 0.1) is 0 Å². The summed E-state index contributed by atoms with van der Waals surface area (Å²) in [6, 6.07) is 16.7. The highest BCUT2D eigenvalue weighted by Gasteiger charge is 2.38. The second kappa shape index (κ2) is 10.1. The van der Waals surface area contributed by atoms with Gasteiger partial charge < -0.3 is 10.1 Å². The monoisotopic (exact) mass is 411 g/mol. The SMILES string of the molecule is CCCN1C(=O)[C@@H](CC(=O)Nc2ccc(OCC)cc2)SC1=Nc1ccccc1. The molecule has 1 aliphatic heterocycles. The number of carbonyl (C=O) groups is 2. The van der Waals surface area contributed by atoms with Crippen LogP contribution in [0.1, 0.15) is 26.7 Å². The number of hydrogen-bond acceptors (Lipinski definition) is 5. The first-order valence-electron chi connectivity index (χ1n) is 9.75. The molecule has 3 rings (SSSR count). The van der Waals surface area contributed by atoms with E-state index < -0.39 is 5.25 Å². The number of anilines is 1. The maximum atomic E-state index is 12.8. The molecule has 1 atom stereocenters. The van der Waals surface area contributed by atoms with Gasteiger partial charge in [0.25, 0.3) is 0 Å². The van der Waals surface area contributed by atoms with Crippen LogP contribution in [0.4, 0.5) is 11.4 Å². The third kappa shape index (κ3) is 5.60. The second-order valence-corrected chi connectivity index (χ2v) is 7.71. The van der Waals surface area contributed by atoms with Crippen LogP contribution in [0.2, 0.25) is 0 Å². The van der Waals surface area contributed by atoms with Gasteiger partial charge in [-0.3, -0.25) is 14.5 Å². The van der Waals surface area contributed by atoms with Crippen LogP contribution in [0.5, 0.6) is 5.75 Å². The number of nitrogens with zero attached hydrogens (tertiary/aromatic N) is 2. The first-order valence-corrected chi connectivity index (χ1v) is 10.6. The Kier molecular flexibility index (Phi) is 7.30. The average molecular weight is 412 g/mol. The van der Waals surface area contributed by atoms with Gasteiger partial charge in [0.2, 0.25) is 11.8 Å². The quantitative estimate of drug-likeness (QED) is 0.696. The lowest BCUT2D eigenvalue weighted by atomic mass is 10.2. The Morgan fingerprint density at radius 2 is 1.86 bits per heavy atom. The van der Waals surface area contributed by atoms with Gasteiger partial charge in [0, 0.05) is 18.7 Å². The van der Waals surface area contributed by atoms with E-state index in [1.165, 1.54) is 11.8 Å². The van der Waals surface area contributed by atoms with Crippen LogP contribution < -0.4 is 10.1 Å². The molecule has 0 aliphatic carbocycles. The van der Waals surface area contributed by atoms with Gasteiger partial charge in [-0.2, -0.15) is 0 Å². The van der Waals surface area contributed by atoms with Gasteiger partial charge in [-0.25, -0.2) is 4.99 Å². The molecule has 0 saturated carbocycles. The number of thioether (sulfide) groups is 1. The van der Waals surface area contributed by atoms with Gasteiger partial charge in [-0.05, 0) is 49.7 Å². The molecule has 29 heavy (non-hydrogen) atoms. The van der Waals surface area contributed by atoms with Crippen molar-refractivity contribution in [1.82, 2.24) is 4.90 Å². The summed E-state index contributed by atoms with van der Waals surface area (Å²) in [5, 5.41) is 3.04. The highest BCUT2D eigenvalue weighted by molar-refractivity contribution is 8.15. The summed E-state index contributed by atoms with van der Waals surface area (Å²) in [7, 11) is 0. The van der Waals surface area contributed by atoms with Crippen molar-refractivity contribution in [2.75, 3.05) is 18.5 Å². The molecule has 0 unspecified atom stereocenters. The Balaban J connectivity index is 1.66. The van der Waals surface area contributed by atoms with E-state index in [4.69, 9.17) is 4.74 Å². The summed E-state index contributed by atoms with van der Waals surface area (Å²) in [6.07, 6.45) is 0.927. The Bertz CT molecular complexity index is 869. The van der Waals surface area contributed by atoms with Crippen molar-refractivity contribution in [2.45, 2.75) is 31.9 Å². The van der Waals surface area contributed by atoms with Crippen LogP contribution in [-0.4, -0.2) is 40.3 Å². The van der Waals surface area contributed by atoms with Crippen LogP contribution in [0.3, 0.4) is 0 Å². The van der Waals surface area contributed by atoms with E-state index in [9.17, 15) is 9.59 Å². The number of hydrogen-bond donors (Lipinski definition) is 1. The number of carbonyl (C=O) groups excluding carboxylic acids is 2. The molecule has 7 heteroatoms. The molecule has 0 radical (unpaired) electrons. The van der Waals surface area contributed by atoms with E-state index in [-0.39, 0.29) is 18.2 Å². The molecule has 2 aromatic rings. The first-order chi connectivity index (χ1) is 14.1. The molecule has 1 N–H and O–H groups in total. The molecule has 0 aromatic heterocycles. The number of amides is 2. The van der Waals surface area contributed by atoms with Crippen LogP contribution in [-0.2, 0) is 9.59 Å². The van der Waals surface area contributed by atoms with Gasteiger partial charge in [-0.15, -0.1) is 0 Å². The smallest absolute Gasteiger partial charge is 0.242 e. The van der Waals surface area contributed by atoms with Crippen LogP contribution in [0.15, 0.2) is 59.6 Å². The summed E-state index contributed by atoms with van der Waals surface area (Å²) < 4.78 is 5.40. The molecular formula is C22H25N3O3S. The third-order valence-electron chi connectivity index (χ3n) is 4.27. The van der Waals surface area contributed by atoms with Crippen LogP contribution >= 0.6 is 11.8 Å². The molecular weight excluding hydrogens is 386 g/mol. The number of nitrogens with one attached hydrogen (secondary N) is 1. The van der Waals surface area contributed by atoms with Crippen molar-refractivity contribution in [3.63, 3.8) is 0 Å². The standard InChI is InChI=1S/C22H25N3O3S/c1-3-14-25-21(27)19(29-22(25)24-16-8-6-5-7-9-16)15-20(26)23-17-10-12-18(13-11-17)28-4-2/h5-13,19H,3-4,14-15H2,1-2H3,(H,23,26)/t19-/m1/s1. The fraction of sp³-hybridized carbons (Fsp3) is 0.318. The summed E-state index contributed by atoms with van der Waals surface area (Å²) in [5.41, 5.74) is 1.47. The van der Waals surface area contributed by atoms with Gasteiger partial charge >= 0.3 is 0 Å². The summed E-state index contributed by atoms with van der Waals surface area (Å²) in [5.74, 6) is 0.495. The molecule has 2 aromatic carbocycles. The molecule has 1 aliphatic rings. The average Bonchev–Trinajstić information content (AvgIpc) is 2.99. The third-order valence-corrected chi connectivity index (χ3v) is 5.44. The molecule has 152 valence electrons. The molecule has 2 amide bonds. The normalized spacial score (nSPS) is 17.6. The fourth-order valence-electron chi connectivity index (χ4n) is 2.95. The van der Waals surface area contributed by atoms with Crippen molar-refractivity contribution in [2.24, 2.45) is 4.99 Å². The van der Waals surface area contributed by atoms with Gasteiger partial charge in [0.1, 0.15) is 11.0 Å². The minimum atomic E-state index is -0.466. The highest BCUT2D eigenvalue weighted by Crippen LogP contribution is 2.32. The zero-order chi connectivity index (χ0) is 20.6. The van der Waals surface area contributed by atoms with Gasteiger partial charge in [-0.1, -0.05) is 36.9 Å². The Hall–Kier alpha value is -2.80. The minimum absolute atomic E-state index is 0.0617. The molecule has 0 spiro atoms. The zero-order valence-electron chi connectivity index (χ0n) is 16.6. The van der Waals surface area contributed by atoms with Crippen LogP contribution in [0.25, 0.3) is 0 Å². The summed E-state index contributed by atoms with van der Waals surface area (Å²) in [4.78, 5) is 31.6. The highest BCUT2D eigenvalue weighted by atomic mass is 32.2. The fourth-order valence-corrected chi connectivity index (χ4v) is 4.13. The maximum Gasteiger partial charge on any atom is 0.242 e. The molecule has 6 nitrogen and oxygen atoms in total. The lowest BCUT2D eigenvalue weighted by molar-refractivity contribution is -0.128. The van der Waals surface area contributed by atoms with Gasteiger partial charge in [0.05, 0.1) is 12.3 Å². The van der Waals surface area contributed by atoms with E-state index in [0.717, 1.165) is 17.9 Å². The summed E-state index contributed by atoms with van der Waals surface area (Å²) in [6.45, 7) is 5.12. The minimum Gasteiger partial charge on any atom is -0.494 e. The molecule has 1 saturated heterocycles. The number of amidine groups is 1. The van der Waals surface area contributed by atoms with E-state index in [1.807, 2.05) is 56.3 Å². The van der Waals surface area contributed by atoms with Gasteiger partial charge in [0.15, 0.2) is 5.17 Å². The van der Waals surface area contributed by atoms with E-state index in [1.54, 1.807) is 17.0 Å². The zero-order valence-corrected chi connectivity index (χ0v) is 17.4. The number of benzene rings is 2. The Morgan fingerprint density at radius 3 is 2.52 bits per heavy atom. The maximum absolute atomic E-state index is 12.8. The number of ether oxygens (including phenoxy) is 1. The second-order valence-electron chi connectivity index (χ2n) is 6.54. The number of rotatable bonds is 8. The van der Waals surface area contributed by atoms with Crippen molar-refractivity contribution in [3.05, 3.63) is 54.6 Å². The predicted octanol–water partition coefficient (Wildman–Crippen LogP) is 4.46. The van der Waals surface area contributed by atoms with E-state index in [0.29, 0.717) is 24.0 Å². The van der Waals surface area contributed by atoms with Crippen molar-refractivity contribution in [3.8, 4) is 5.75 Å². The Morgan fingerprint density at radius 1 is 1.14 bits per heavy atom. The largest absolute Gasteiger partial charge is 0.494 e. The van der Waals surface area contributed by atoms with Crippen molar-refractivity contribution < 1.29 is 14.3 Å². The Labute approximate surface area is 175 Å². The lowest BCUT2D eigenvalue weighted by Crippen LogP contribution is -2.34. The summed E-state index contributed by atoms with van der Waals surface area (Å²) >= 11 is 1.36. The van der Waals surface area contributed by atoms with Crippen molar-refractivity contribution >= 4 is 40.1 Å². The number of para-hydroxylation sites is 1. The first kappa shape index (κ1) is 20.9. The lowest BCUT2D eigenvalue weighted by Gasteiger charge is -2.15.